The second kappa shape index (κ2) is 7.50. The van der Waals surface area contributed by atoms with Gasteiger partial charge in [-0.05, 0) is 36.8 Å². The fourth-order valence-electron chi connectivity index (χ4n) is 2.53. The minimum Gasteiger partial charge on any atom is -0.481 e. The number of amides is 1. The van der Waals surface area contributed by atoms with Crippen molar-refractivity contribution in [3.05, 3.63) is 35.9 Å². The Kier molecular flexibility index (Phi) is 5.67. The molecule has 2 rings (SSSR count). The first-order valence-electron chi connectivity index (χ1n) is 7.25. The van der Waals surface area contributed by atoms with Crippen molar-refractivity contribution in [1.29, 1.82) is 0 Å². The Morgan fingerprint density at radius 1 is 1.24 bits per heavy atom. The van der Waals surface area contributed by atoms with Gasteiger partial charge in [-0.1, -0.05) is 30.3 Å². The van der Waals surface area contributed by atoms with Crippen molar-refractivity contribution in [2.24, 2.45) is 11.8 Å². The summed E-state index contributed by atoms with van der Waals surface area (Å²) in [5.74, 6) is 0.443. The maximum Gasteiger partial charge on any atom is 0.308 e. The van der Waals surface area contributed by atoms with Crippen LogP contribution in [0.2, 0.25) is 0 Å². The summed E-state index contributed by atoms with van der Waals surface area (Å²) in [5, 5.41) is 12.2. The summed E-state index contributed by atoms with van der Waals surface area (Å²) in [4.78, 5) is 23.7. The van der Waals surface area contributed by atoms with Crippen LogP contribution in [0.4, 0.5) is 0 Å². The first-order chi connectivity index (χ1) is 10.1. The molecule has 1 aromatic carbocycles. The van der Waals surface area contributed by atoms with E-state index >= 15 is 0 Å². The highest BCUT2D eigenvalue weighted by molar-refractivity contribution is 7.99. The number of aliphatic carboxylic acids is 1. The number of rotatable bonds is 5. The van der Waals surface area contributed by atoms with Gasteiger partial charge < -0.3 is 10.4 Å². The van der Waals surface area contributed by atoms with E-state index in [1.807, 2.05) is 42.1 Å². The lowest BCUT2D eigenvalue weighted by Crippen LogP contribution is -2.39. The average molecular weight is 307 g/mol. The molecule has 1 saturated heterocycles. The van der Waals surface area contributed by atoms with E-state index in [1.165, 1.54) is 0 Å². The van der Waals surface area contributed by atoms with Gasteiger partial charge in [0.15, 0.2) is 0 Å². The monoisotopic (exact) mass is 307 g/mol. The molecule has 0 aromatic heterocycles. The molecule has 0 aliphatic carbocycles. The smallest absolute Gasteiger partial charge is 0.308 e. The molecule has 0 saturated carbocycles. The molecule has 2 unspecified atom stereocenters. The first kappa shape index (κ1) is 15.9. The lowest BCUT2D eigenvalue weighted by Gasteiger charge is -2.27. The third kappa shape index (κ3) is 4.24. The van der Waals surface area contributed by atoms with Crippen LogP contribution < -0.4 is 5.32 Å². The van der Waals surface area contributed by atoms with Crippen LogP contribution in [-0.4, -0.2) is 28.5 Å². The maximum atomic E-state index is 12.4. The largest absolute Gasteiger partial charge is 0.481 e. The zero-order valence-corrected chi connectivity index (χ0v) is 12.9. The van der Waals surface area contributed by atoms with Crippen molar-refractivity contribution in [3.63, 3.8) is 0 Å². The number of carboxylic acids is 1. The normalized spacial score (nSPS) is 18.7. The third-order valence-electron chi connectivity index (χ3n) is 3.94. The van der Waals surface area contributed by atoms with E-state index in [0.29, 0.717) is 0 Å². The van der Waals surface area contributed by atoms with E-state index in [4.69, 9.17) is 0 Å². The van der Waals surface area contributed by atoms with Gasteiger partial charge in [-0.15, -0.1) is 0 Å². The summed E-state index contributed by atoms with van der Waals surface area (Å²) in [5.41, 5.74) is 0.839. The van der Waals surface area contributed by atoms with Crippen molar-refractivity contribution in [2.45, 2.75) is 25.8 Å². The van der Waals surface area contributed by atoms with Crippen molar-refractivity contribution < 1.29 is 14.7 Å². The zero-order valence-electron chi connectivity index (χ0n) is 12.1. The summed E-state index contributed by atoms with van der Waals surface area (Å²) < 4.78 is 0. The summed E-state index contributed by atoms with van der Waals surface area (Å²) in [7, 11) is 0. The molecule has 1 aromatic rings. The Morgan fingerprint density at radius 3 is 2.43 bits per heavy atom. The number of hydrogen-bond donors (Lipinski definition) is 2. The lowest BCUT2D eigenvalue weighted by atomic mass is 9.93. The number of benzene rings is 1. The number of carbonyl (C=O) groups excluding carboxylic acids is 1. The molecule has 1 heterocycles. The van der Waals surface area contributed by atoms with Gasteiger partial charge in [-0.2, -0.15) is 11.8 Å². The van der Waals surface area contributed by atoms with Gasteiger partial charge in [0, 0.05) is 5.92 Å². The summed E-state index contributed by atoms with van der Waals surface area (Å²) in [6.07, 6.45) is 1.75. The molecule has 2 atom stereocenters. The third-order valence-corrected chi connectivity index (χ3v) is 4.99. The topological polar surface area (TPSA) is 66.4 Å². The van der Waals surface area contributed by atoms with Crippen molar-refractivity contribution >= 4 is 23.6 Å². The second-order valence-corrected chi connectivity index (χ2v) is 6.64. The first-order valence-corrected chi connectivity index (χ1v) is 8.41. The number of thioether (sulfide) groups is 1. The van der Waals surface area contributed by atoms with Gasteiger partial charge in [0.05, 0.1) is 12.0 Å². The predicted molar refractivity (Wildman–Crippen MR) is 84.2 cm³/mol. The molecule has 1 aliphatic heterocycles. The van der Waals surface area contributed by atoms with Crippen molar-refractivity contribution in [3.8, 4) is 0 Å². The van der Waals surface area contributed by atoms with Crippen molar-refractivity contribution in [1.82, 2.24) is 5.32 Å². The average Bonchev–Trinajstić information content (AvgIpc) is 2.53. The highest BCUT2D eigenvalue weighted by atomic mass is 32.2. The van der Waals surface area contributed by atoms with Crippen molar-refractivity contribution in [2.75, 3.05) is 11.5 Å². The van der Waals surface area contributed by atoms with E-state index in [0.717, 1.165) is 29.9 Å². The van der Waals surface area contributed by atoms with Gasteiger partial charge in [0.25, 0.3) is 0 Å². The lowest BCUT2D eigenvalue weighted by molar-refractivity contribution is -0.142. The summed E-state index contributed by atoms with van der Waals surface area (Å²) >= 11 is 1.87. The number of carboxylic acid groups (broad SMARTS) is 1. The van der Waals surface area contributed by atoms with E-state index in [1.54, 1.807) is 6.92 Å². The predicted octanol–water partition coefficient (Wildman–Crippen LogP) is 2.71. The van der Waals surface area contributed by atoms with E-state index in [-0.39, 0.29) is 11.8 Å². The Bertz CT molecular complexity index is 486. The molecule has 1 amide bonds. The molecular weight excluding hydrogens is 286 g/mol. The second-order valence-electron chi connectivity index (χ2n) is 5.41. The maximum absolute atomic E-state index is 12.4. The molecule has 1 fully saturated rings. The van der Waals surface area contributed by atoms with E-state index in [9.17, 15) is 14.7 Å². The molecule has 0 radical (unpaired) electrons. The fraction of sp³-hybridized carbons (Fsp3) is 0.500. The molecule has 0 bridgehead atoms. The molecule has 1 aliphatic rings. The van der Waals surface area contributed by atoms with Gasteiger partial charge in [-0.3, -0.25) is 9.59 Å². The summed E-state index contributed by atoms with van der Waals surface area (Å²) in [6, 6.07) is 8.85. The van der Waals surface area contributed by atoms with Gasteiger partial charge in [0.1, 0.15) is 0 Å². The summed E-state index contributed by atoms with van der Waals surface area (Å²) in [6.45, 7) is 1.64. The molecule has 2 N–H and O–H groups in total. The molecular formula is C16H21NO3S. The van der Waals surface area contributed by atoms with Crippen LogP contribution in [0.5, 0.6) is 0 Å². The number of hydrogen-bond acceptors (Lipinski definition) is 3. The Morgan fingerprint density at radius 2 is 1.86 bits per heavy atom. The molecule has 21 heavy (non-hydrogen) atoms. The van der Waals surface area contributed by atoms with Gasteiger partial charge in [-0.25, -0.2) is 0 Å². The van der Waals surface area contributed by atoms with Gasteiger partial charge in [0.2, 0.25) is 5.91 Å². The number of carbonyl (C=O) groups is 2. The Hall–Kier alpha value is -1.49. The van der Waals surface area contributed by atoms with Crippen LogP contribution in [0.25, 0.3) is 0 Å². The Balaban J connectivity index is 2.12. The van der Waals surface area contributed by atoms with Crippen LogP contribution >= 0.6 is 11.8 Å². The van der Waals surface area contributed by atoms with Crippen LogP contribution in [0.15, 0.2) is 30.3 Å². The Labute approximate surface area is 129 Å². The SMILES string of the molecule is CC(C(=O)O)C(NC(=O)C1CCSCC1)c1ccccc1. The van der Waals surface area contributed by atoms with E-state index < -0.39 is 17.9 Å². The number of nitrogens with one attached hydrogen (secondary N) is 1. The van der Waals surface area contributed by atoms with Crippen LogP contribution in [0.3, 0.4) is 0 Å². The zero-order chi connectivity index (χ0) is 15.2. The minimum absolute atomic E-state index is 0.0125. The van der Waals surface area contributed by atoms with Crippen LogP contribution in [-0.2, 0) is 9.59 Å². The fourth-order valence-corrected chi connectivity index (χ4v) is 3.64. The standard InChI is InChI=1S/C16H21NO3S/c1-11(16(19)20)14(12-5-3-2-4-6-12)17-15(18)13-7-9-21-10-8-13/h2-6,11,13-14H,7-10H2,1H3,(H,17,18)(H,19,20). The molecule has 114 valence electrons. The highest BCUT2D eigenvalue weighted by Crippen LogP contribution is 2.26. The quantitative estimate of drug-likeness (QED) is 0.878. The van der Waals surface area contributed by atoms with Gasteiger partial charge >= 0.3 is 5.97 Å². The molecule has 0 spiro atoms. The van der Waals surface area contributed by atoms with Crippen LogP contribution in [0.1, 0.15) is 31.4 Å². The molecule has 5 heteroatoms. The minimum atomic E-state index is -0.900. The van der Waals surface area contributed by atoms with E-state index in [2.05, 4.69) is 5.32 Å². The van der Waals surface area contributed by atoms with Crippen LogP contribution in [0, 0.1) is 11.8 Å². The molecule has 4 nitrogen and oxygen atoms in total. The highest BCUT2D eigenvalue weighted by Gasteiger charge is 2.29.